The highest BCUT2D eigenvalue weighted by molar-refractivity contribution is 6.30. The first-order valence-corrected chi connectivity index (χ1v) is 9.38. The molecule has 2 aromatic carbocycles. The Morgan fingerprint density at radius 1 is 1.19 bits per heavy atom. The lowest BCUT2D eigenvalue weighted by molar-refractivity contribution is -0.0815. The van der Waals surface area contributed by atoms with Crippen LogP contribution in [0.1, 0.15) is 43.9 Å². The number of ether oxygens (including phenoxy) is 1. The lowest BCUT2D eigenvalue weighted by Gasteiger charge is -2.44. The van der Waals surface area contributed by atoms with Crippen molar-refractivity contribution in [3.63, 3.8) is 0 Å². The standard InChI is InChI=1S/C21H23ClFNO3/c1-14(25)13-21(17-5-9-19(23)10-6-17)11-12-24(20(26)27-21)15(2)16-3-7-18(22)8-4-16/h3-10,14-15,25H,11-13H2,1-2H3. The van der Waals surface area contributed by atoms with Crippen molar-refractivity contribution < 1.29 is 19.0 Å². The Hall–Kier alpha value is -2.11. The van der Waals surface area contributed by atoms with E-state index in [0.717, 1.165) is 5.56 Å². The molecule has 0 bridgehead atoms. The van der Waals surface area contributed by atoms with Crippen LogP contribution in [0.3, 0.4) is 0 Å². The van der Waals surface area contributed by atoms with E-state index in [2.05, 4.69) is 0 Å². The first kappa shape index (κ1) is 19.6. The molecule has 3 rings (SSSR count). The van der Waals surface area contributed by atoms with Gasteiger partial charge in [0.25, 0.3) is 0 Å². The van der Waals surface area contributed by atoms with E-state index in [9.17, 15) is 14.3 Å². The van der Waals surface area contributed by atoms with Crippen LogP contribution in [-0.2, 0) is 10.3 Å². The number of aliphatic hydroxyl groups excluding tert-OH is 1. The molecular formula is C21H23ClFNO3. The zero-order valence-corrected chi connectivity index (χ0v) is 16.1. The van der Waals surface area contributed by atoms with Crippen LogP contribution in [0.5, 0.6) is 0 Å². The third-order valence-electron chi connectivity index (χ3n) is 5.09. The summed E-state index contributed by atoms with van der Waals surface area (Å²) in [5, 5.41) is 10.6. The zero-order valence-electron chi connectivity index (χ0n) is 15.4. The maximum atomic E-state index is 13.3. The molecule has 1 fully saturated rings. The number of carbonyl (C=O) groups excluding carboxylic acids is 1. The number of amides is 1. The molecule has 0 aromatic heterocycles. The van der Waals surface area contributed by atoms with Gasteiger partial charge in [-0.15, -0.1) is 0 Å². The number of cyclic esters (lactones) is 1. The van der Waals surface area contributed by atoms with Gasteiger partial charge in [-0.1, -0.05) is 35.9 Å². The van der Waals surface area contributed by atoms with Crippen LogP contribution < -0.4 is 0 Å². The Kier molecular flexibility index (Phi) is 5.72. The first-order valence-electron chi connectivity index (χ1n) is 9.00. The molecule has 1 heterocycles. The van der Waals surface area contributed by atoms with Crippen LogP contribution in [0.4, 0.5) is 9.18 Å². The second kappa shape index (κ2) is 7.87. The van der Waals surface area contributed by atoms with Gasteiger partial charge in [-0.05, 0) is 49.2 Å². The number of halogens is 2. The molecule has 3 unspecified atom stereocenters. The zero-order chi connectivity index (χ0) is 19.6. The average Bonchev–Trinajstić information content (AvgIpc) is 2.62. The minimum atomic E-state index is -0.963. The van der Waals surface area contributed by atoms with E-state index in [4.69, 9.17) is 16.3 Å². The first-order chi connectivity index (χ1) is 12.8. The van der Waals surface area contributed by atoms with Gasteiger partial charge in [0, 0.05) is 24.4 Å². The van der Waals surface area contributed by atoms with Crippen LogP contribution in [0, 0.1) is 5.82 Å². The molecule has 0 aliphatic carbocycles. The third kappa shape index (κ3) is 4.25. The van der Waals surface area contributed by atoms with E-state index in [1.165, 1.54) is 12.1 Å². The van der Waals surface area contributed by atoms with Crippen LogP contribution >= 0.6 is 11.6 Å². The van der Waals surface area contributed by atoms with Gasteiger partial charge in [0.1, 0.15) is 11.4 Å². The minimum absolute atomic E-state index is 0.174. The Morgan fingerprint density at radius 2 is 1.81 bits per heavy atom. The quantitative estimate of drug-likeness (QED) is 0.776. The molecule has 1 aliphatic heterocycles. The summed E-state index contributed by atoms with van der Waals surface area (Å²) in [5.74, 6) is -0.355. The van der Waals surface area contributed by atoms with E-state index in [1.807, 2.05) is 19.1 Å². The van der Waals surface area contributed by atoms with E-state index in [0.29, 0.717) is 23.6 Å². The fraction of sp³-hybridized carbons (Fsp3) is 0.381. The van der Waals surface area contributed by atoms with Crippen LogP contribution in [-0.4, -0.2) is 28.7 Å². The fourth-order valence-electron chi connectivity index (χ4n) is 3.64. The highest BCUT2D eigenvalue weighted by Gasteiger charge is 2.44. The molecule has 1 aliphatic rings. The number of aliphatic hydroxyl groups is 1. The van der Waals surface area contributed by atoms with Crippen LogP contribution in [0.15, 0.2) is 48.5 Å². The van der Waals surface area contributed by atoms with Gasteiger partial charge in [-0.3, -0.25) is 0 Å². The maximum absolute atomic E-state index is 13.3. The SMILES string of the molecule is CC(O)CC1(c2ccc(F)cc2)CCN(C(C)c2ccc(Cl)cc2)C(=O)O1. The lowest BCUT2D eigenvalue weighted by Crippen LogP contribution is -2.49. The third-order valence-corrected chi connectivity index (χ3v) is 5.34. The molecule has 0 radical (unpaired) electrons. The minimum Gasteiger partial charge on any atom is -0.438 e. The summed E-state index contributed by atoms with van der Waals surface area (Å²) in [7, 11) is 0. The fourth-order valence-corrected chi connectivity index (χ4v) is 3.76. The van der Waals surface area contributed by atoms with Gasteiger partial charge in [-0.2, -0.15) is 0 Å². The molecule has 0 spiro atoms. The molecule has 1 amide bonds. The normalized spacial score (nSPS) is 22.3. The number of hydrogen-bond donors (Lipinski definition) is 1. The van der Waals surface area contributed by atoms with Gasteiger partial charge in [0.15, 0.2) is 0 Å². The van der Waals surface area contributed by atoms with Crippen LogP contribution in [0.2, 0.25) is 5.02 Å². The predicted octanol–water partition coefficient (Wildman–Crippen LogP) is 5.05. The average molecular weight is 392 g/mol. The topological polar surface area (TPSA) is 49.8 Å². The number of benzene rings is 2. The summed E-state index contributed by atoms with van der Waals surface area (Å²) in [6, 6.07) is 13.1. The van der Waals surface area contributed by atoms with Crippen LogP contribution in [0.25, 0.3) is 0 Å². The lowest BCUT2D eigenvalue weighted by atomic mass is 9.84. The van der Waals surface area contributed by atoms with Gasteiger partial charge in [-0.25, -0.2) is 9.18 Å². The summed E-state index contributed by atoms with van der Waals surface area (Å²) < 4.78 is 19.2. The predicted molar refractivity (Wildman–Crippen MR) is 102 cm³/mol. The molecular weight excluding hydrogens is 369 g/mol. The van der Waals surface area contributed by atoms with E-state index >= 15 is 0 Å². The maximum Gasteiger partial charge on any atom is 0.411 e. The summed E-state index contributed by atoms with van der Waals surface area (Å²) in [4.78, 5) is 14.5. The Balaban J connectivity index is 1.84. The Morgan fingerprint density at radius 3 is 2.37 bits per heavy atom. The van der Waals surface area contributed by atoms with E-state index in [-0.39, 0.29) is 18.3 Å². The number of carbonyl (C=O) groups is 1. The van der Waals surface area contributed by atoms with Crippen molar-refractivity contribution in [2.24, 2.45) is 0 Å². The molecule has 1 saturated heterocycles. The monoisotopic (exact) mass is 391 g/mol. The Labute approximate surface area is 163 Å². The van der Waals surface area contributed by atoms with Gasteiger partial charge in [0.05, 0.1) is 12.1 Å². The molecule has 4 nitrogen and oxygen atoms in total. The van der Waals surface area contributed by atoms with Crippen molar-refractivity contribution in [3.05, 3.63) is 70.5 Å². The highest BCUT2D eigenvalue weighted by Crippen LogP contribution is 2.40. The summed E-state index contributed by atoms with van der Waals surface area (Å²) in [6.07, 6.45) is -0.349. The molecule has 1 N–H and O–H groups in total. The van der Waals surface area contributed by atoms with Gasteiger partial charge >= 0.3 is 6.09 Å². The molecule has 144 valence electrons. The second-order valence-electron chi connectivity index (χ2n) is 7.09. The van der Waals surface area contributed by atoms with Crippen molar-refractivity contribution in [1.29, 1.82) is 0 Å². The molecule has 0 saturated carbocycles. The second-order valence-corrected chi connectivity index (χ2v) is 7.53. The largest absolute Gasteiger partial charge is 0.438 e. The van der Waals surface area contributed by atoms with Crippen molar-refractivity contribution in [1.82, 2.24) is 4.90 Å². The number of rotatable bonds is 5. The van der Waals surface area contributed by atoms with Crippen molar-refractivity contribution in [2.75, 3.05) is 6.54 Å². The van der Waals surface area contributed by atoms with Crippen molar-refractivity contribution in [2.45, 2.75) is 44.4 Å². The highest BCUT2D eigenvalue weighted by atomic mass is 35.5. The molecule has 2 aromatic rings. The van der Waals surface area contributed by atoms with E-state index in [1.54, 1.807) is 36.1 Å². The van der Waals surface area contributed by atoms with Crippen molar-refractivity contribution >= 4 is 17.7 Å². The van der Waals surface area contributed by atoms with Gasteiger partial charge in [0.2, 0.25) is 0 Å². The van der Waals surface area contributed by atoms with E-state index < -0.39 is 17.8 Å². The Bertz CT molecular complexity index is 794. The summed E-state index contributed by atoms with van der Waals surface area (Å²) >= 11 is 5.94. The summed E-state index contributed by atoms with van der Waals surface area (Å²) in [6.45, 7) is 4.05. The van der Waals surface area contributed by atoms with Crippen molar-refractivity contribution in [3.8, 4) is 0 Å². The summed E-state index contributed by atoms with van der Waals surface area (Å²) in [5.41, 5.74) is 0.688. The van der Waals surface area contributed by atoms with Gasteiger partial charge < -0.3 is 14.7 Å². The number of hydrogen-bond acceptors (Lipinski definition) is 3. The molecule has 27 heavy (non-hydrogen) atoms. The molecule has 3 atom stereocenters. The molecule has 6 heteroatoms. The smallest absolute Gasteiger partial charge is 0.411 e. The number of nitrogens with zero attached hydrogens (tertiary/aromatic N) is 1.